The van der Waals surface area contributed by atoms with E-state index in [2.05, 4.69) is 10.4 Å². The van der Waals surface area contributed by atoms with Crippen LogP contribution in [-0.4, -0.2) is 35.0 Å². The van der Waals surface area contributed by atoms with Gasteiger partial charge in [-0.1, -0.05) is 30.3 Å². The van der Waals surface area contributed by atoms with Crippen LogP contribution >= 0.6 is 11.8 Å². The van der Waals surface area contributed by atoms with E-state index in [4.69, 9.17) is 4.74 Å². The quantitative estimate of drug-likeness (QED) is 0.817. The van der Waals surface area contributed by atoms with Crippen molar-refractivity contribution in [3.8, 4) is 5.75 Å². The number of fused-ring (bicyclic) bond motifs is 2. The van der Waals surface area contributed by atoms with Gasteiger partial charge in [0, 0.05) is 19.4 Å². The summed E-state index contributed by atoms with van der Waals surface area (Å²) >= 11 is 1.05. The van der Waals surface area contributed by atoms with Crippen LogP contribution in [0.3, 0.4) is 0 Å². The van der Waals surface area contributed by atoms with Crippen LogP contribution in [0.25, 0.3) is 0 Å². The molecule has 30 heavy (non-hydrogen) atoms. The minimum atomic E-state index is -1.44. The summed E-state index contributed by atoms with van der Waals surface area (Å²) in [4.78, 5) is 38.1. The maximum absolute atomic E-state index is 13.8. The van der Waals surface area contributed by atoms with Crippen molar-refractivity contribution in [2.45, 2.75) is 25.3 Å². The van der Waals surface area contributed by atoms with E-state index in [-0.39, 0.29) is 17.0 Å². The zero-order valence-corrected chi connectivity index (χ0v) is 17.5. The van der Waals surface area contributed by atoms with Gasteiger partial charge >= 0.3 is 0 Å². The Morgan fingerprint density at radius 1 is 1.17 bits per heavy atom. The number of amidine groups is 1. The van der Waals surface area contributed by atoms with E-state index in [0.717, 1.165) is 22.3 Å². The third-order valence-corrected chi connectivity index (χ3v) is 6.13. The number of amides is 3. The van der Waals surface area contributed by atoms with Crippen LogP contribution in [0.1, 0.15) is 25.0 Å². The molecule has 2 heterocycles. The standard InChI is InChI=1S/C21H20N4O4S/c1-13(26)22-20-23-25(14(2)27)21(30-20)17-11-16(29-3)9-10-18(17)24(19(21)28)12-15-7-5-4-6-8-15/h4-11H,12H2,1-3H3,(H,22,23,26). The summed E-state index contributed by atoms with van der Waals surface area (Å²) in [5.74, 6) is -0.496. The second-order valence-corrected chi connectivity index (χ2v) is 8.10. The fraction of sp³-hybridized carbons (Fsp3) is 0.238. The van der Waals surface area contributed by atoms with Crippen molar-refractivity contribution in [1.29, 1.82) is 0 Å². The first kappa shape index (κ1) is 20.0. The zero-order chi connectivity index (χ0) is 21.5. The Hall–Kier alpha value is -3.33. The number of ether oxygens (including phenoxy) is 1. The van der Waals surface area contributed by atoms with Crippen molar-refractivity contribution in [2.24, 2.45) is 5.10 Å². The molecule has 154 valence electrons. The SMILES string of the molecule is COc1ccc2c(c1)C1(SC(NC(C)=O)=NN1C(C)=O)C(=O)N2Cc1ccccc1. The summed E-state index contributed by atoms with van der Waals surface area (Å²) in [6.07, 6.45) is 0. The Morgan fingerprint density at radius 2 is 1.90 bits per heavy atom. The van der Waals surface area contributed by atoms with Crippen molar-refractivity contribution in [1.82, 2.24) is 10.3 Å². The van der Waals surface area contributed by atoms with Gasteiger partial charge in [0.15, 0.2) is 5.17 Å². The summed E-state index contributed by atoms with van der Waals surface area (Å²) in [7, 11) is 1.54. The molecule has 8 nitrogen and oxygen atoms in total. The Bertz CT molecular complexity index is 1070. The van der Waals surface area contributed by atoms with E-state index in [9.17, 15) is 14.4 Å². The molecule has 0 radical (unpaired) electrons. The number of nitrogens with zero attached hydrogens (tertiary/aromatic N) is 3. The number of methoxy groups -OCH3 is 1. The molecule has 0 fully saturated rings. The summed E-state index contributed by atoms with van der Waals surface area (Å²) < 4.78 is 5.37. The maximum atomic E-state index is 13.8. The van der Waals surface area contributed by atoms with Crippen LogP contribution < -0.4 is 15.0 Å². The van der Waals surface area contributed by atoms with Gasteiger partial charge in [-0.25, -0.2) is 0 Å². The van der Waals surface area contributed by atoms with Crippen LogP contribution in [-0.2, 0) is 25.8 Å². The Balaban J connectivity index is 1.85. The topological polar surface area (TPSA) is 91.3 Å². The second-order valence-electron chi connectivity index (χ2n) is 6.92. The Morgan fingerprint density at radius 3 is 2.53 bits per heavy atom. The lowest BCUT2D eigenvalue weighted by molar-refractivity contribution is -0.139. The average molecular weight is 424 g/mol. The average Bonchev–Trinajstić information content (AvgIpc) is 3.20. The van der Waals surface area contributed by atoms with Crippen molar-refractivity contribution in [3.05, 3.63) is 59.7 Å². The number of carbonyl (C=O) groups excluding carboxylic acids is 3. The highest BCUT2D eigenvalue weighted by Crippen LogP contribution is 2.55. The predicted molar refractivity (Wildman–Crippen MR) is 114 cm³/mol. The van der Waals surface area contributed by atoms with Gasteiger partial charge in [-0.15, -0.1) is 5.10 Å². The highest BCUT2D eigenvalue weighted by atomic mass is 32.2. The molecule has 2 aromatic rings. The van der Waals surface area contributed by atoms with Crippen LogP contribution in [0.15, 0.2) is 53.6 Å². The second kappa shape index (κ2) is 7.49. The van der Waals surface area contributed by atoms with Crippen LogP contribution in [0.4, 0.5) is 5.69 Å². The van der Waals surface area contributed by atoms with E-state index in [0.29, 0.717) is 23.5 Å². The molecule has 0 aromatic heterocycles. The van der Waals surface area contributed by atoms with Crippen LogP contribution in [0.2, 0.25) is 0 Å². The van der Waals surface area contributed by atoms with Crippen LogP contribution in [0, 0.1) is 0 Å². The van der Waals surface area contributed by atoms with Gasteiger partial charge in [0.2, 0.25) is 16.7 Å². The normalized spacial score (nSPS) is 19.7. The fourth-order valence-electron chi connectivity index (χ4n) is 3.64. The van der Waals surface area contributed by atoms with Gasteiger partial charge in [-0.05, 0) is 35.5 Å². The molecule has 1 atom stereocenters. The predicted octanol–water partition coefficient (Wildman–Crippen LogP) is 2.40. The number of thioether (sulfide) groups is 1. The molecule has 1 spiro atoms. The first-order chi connectivity index (χ1) is 14.4. The lowest BCUT2D eigenvalue weighted by Crippen LogP contribution is -2.48. The molecule has 2 aliphatic rings. The lowest BCUT2D eigenvalue weighted by Gasteiger charge is -2.29. The molecule has 4 rings (SSSR count). The van der Waals surface area contributed by atoms with Gasteiger partial charge in [-0.3, -0.25) is 14.4 Å². The van der Waals surface area contributed by atoms with Gasteiger partial charge in [0.25, 0.3) is 5.91 Å². The largest absolute Gasteiger partial charge is 0.497 e. The Kier molecular flexibility index (Phi) is 4.98. The molecule has 3 amide bonds. The van der Waals surface area contributed by atoms with E-state index < -0.39 is 10.8 Å². The molecule has 0 saturated carbocycles. The summed E-state index contributed by atoms with van der Waals surface area (Å²) in [6, 6.07) is 14.9. The molecule has 9 heteroatoms. The van der Waals surface area contributed by atoms with Crippen molar-refractivity contribution in [3.63, 3.8) is 0 Å². The smallest absolute Gasteiger partial charge is 0.271 e. The zero-order valence-electron chi connectivity index (χ0n) is 16.7. The molecule has 2 aliphatic heterocycles. The van der Waals surface area contributed by atoms with Crippen LogP contribution in [0.5, 0.6) is 5.75 Å². The van der Waals surface area contributed by atoms with Crippen molar-refractivity contribution in [2.75, 3.05) is 12.0 Å². The summed E-state index contributed by atoms with van der Waals surface area (Å²) in [6.45, 7) is 3.03. The number of hydrogen-bond donors (Lipinski definition) is 1. The number of nitrogens with one attached hydrogen (secondary N) is 1. The first-order valence-corrected chi connectivity index (χ1v) is 10.1. The summed E-state index contributed by atoms with van der Waals surface area (Å²) in [5, 5.41) is 8.20. The molecule has 0 saturated heterocycles. The lowest BCUT2D eigenvalue weighted by atomic mass is 10.1. The van der Waals surface area contributed by atoms with E-state index in [1.807, 2.05) is 30.3 Å². The Labute approximate surface area is 177 Å². The van der Waals surface area contributed by atoms with Gasteiger partial charge in [-0.2, -0.15) is 5.01 Å². The third kappa shape index (κ3) is 3.11. The first-order valence-electron chi connectivity index (χ1n) is 9.27. The molecule has 1 unspecified atom stereocenters. The molecule has 0 bridgehead atoms. The number of anilines is 1. The minimum Gasteiger partial charge on any atom is -0.497 e. The number of carbonyl (C=O) groups is 3. The minimum absolute atomic E-state index is 0.196. The molecular formula is C21H20N4O4S. The third-order valence-electron chi connectivity index (χ3n) is 4.89. The number of hydrogen-bond acceptors (Lipinski definition) is 6. The fourth-order valence-corrected chi connectivity index (χ4v) is 4.96. The van der Waals surface area contributed by atoms with Gasteiger partial charge in [0.1, 0.15) is 5.75 Å². The molecular weight excluding hydrogens is 404 g/mol. The highest BCUT2D eigenvalue weighted by Gasteiger charge is 2.61. The van der Waals surface area contributed by atoms with Crippen molar-refractivity contribution < 1.29 is 19.1 Å². The number of rotatable bonds is 3. The van der Waals surface area contributed by atoms with Crippen molar-refractivity contribution >= 4 is 40.3 Å². The van der Waals surface area contributed by atoms with Gasteiger partial charge < -0.3 is 15.0 Å². The molecule has 2 aromatic carbocycles. The monoisotopic (exact) mass is 424 g/mol. The summed E-state index contributed by atoms with van der Waals surface area (Å²) in [5.41, 5.74) is 2.21. The van der Waals surface area contributed by atoms with E-state index in [1.54, 1.807) is 23.1 Å². The highest BCUT2D eigenvalue weighted by molar-refractivity contribution is 8.15. The van der Waals surface area contributed by atoms with E-state index >= 15 is 0 Å². The number of benzene rings is 2. The van der Waals surface area contributed by atoms with E-state index in [1.165, 1.54) is 21.0 Å². The van der Waals surface area contributed by atoms with Gasteiger partial charge in [0.05, 0.1) is 19.3 Å². The maximum Gasteiger partial charge on any atom is 0.271 e. The molecule has 1 N–H and O–H groups in total. The number of hydrazone groups is 1. The molecule has 0 aliphatic carbocycles.